The topological polar surface area (TPSA) is 38.3 Å². The molecule has 90 valence electrons. The summed E-state index contributed by atoms with van der Waals surface area (Å²) in [7, 11) is 0. The lowest BCUT2D eigenvalue weighted by Gasteiger charge is -2.20. The molecule has 3 nitrogen and oxygen atoms in total. The zero-order chi connectivity index (χ0) is 12.1. The lowest BCUT2D eigenvalue weighted by atomic mass is 9.98. The zero-order valence-electron chi connectivity index (χ0n) is 10.9. The van der Waals surface area contributed by atoms with Gasteiger partial charge in [0.25, 0.3) is 0 Å². The van der Waals surface area contributed by atoms with Crippen molar-refractivity contribution in [1.82, 2.24) is 5.32 Å². The fraction of sp³-hybridized carbons (Fsp3) is 0.917. The minimum atomic E-state index is -0.386. The Morgan fingerprint density at radius 1 is 1.27 bits per heavy atom. The second-order valence-electron chi connectivity index (χ2n) is 5.44. The van der Waals surface area contributed by atoms with Crippen molar-refractivity contribution in [1.29, 1.82) is 0 Å². The van der Waals surface area contributed by atoms with Gasteiger partial charge in [0.15, 0.2) is 0 Å². The summed E-state index contributed by atoms with van der Waals surface area (Å²) in [5.74, 6) is 1.03. The van der Waals surface area contributed by atoms with Gasteiger partial charge in [0.2, 0.25) is 0 Å². The van der Waals surface area contributed by atoms with Crippen molar-refractivity contribution in [3.8, 4) is 0 Å². The SMILES string of the molecule is CC(C)C(C)CNCC(=O)OC(C)(C)C. The standard InChI is InChI=1S/C12H25NO2/c1-9(2)10(3)7-13-8-11(14)15-12(4,5)6/h9-10,13H,7-8H2,1-6H3. The average Bonchev–Trinajstić information content (AvgIpc) is 2.00. The van der Waals surface area contributed by atoms with E-state index in [1.54, 1.807) is 0 Å². The predicted octanol–water partition coefficient (Wildman–Crippen LogP) is 2.21. The van der Waals surface area contributed by atoms with Gasteiger partial charge in [-0.3, -0.25) is 4.79 Å². The molecule has 0 saturated heterocycles. The number of hydrogen-bond acceptors (Lipinski definition) is 3. The molecule has 1 N–H and O–H groups in total. The van der Waals surface area contributed by atoms with Crippen LogP contribution >= 0.6 is 0 Å². The van der Waals surface area contributed by atoms with E-state index in [1.165, 1.54) is 0 Å². The molecule has 0 aliphatic carbocycles. The van der Waals surface area contributed by atoms with Crippen LogP contribution in [0, 0.1) is 11.8 Å². The van der Waals surface area contributed by atoms with Gasteiger partial charge in [0.1, 0.15) is 5.60 Å². The molecule has 0 spiro atoms. The van der Waals surface area contributed by atoms with E-state index in [2.05, 4.69) is 26.1 Å². The Labute approximate surface area is 93.6 Å². The molecular weight excluding hydrogens is 190 g/mol. The highest BCUT2D eigenvalue weighted by Crippen LogP contribution is 2.08. The summed E-state index contributed by atoms with van der Waals surface area (Å²) in [6, 6.07) is 0. The molecule has 0 aliphatic rings. The molecule has 0 heterocycles. The molecule has 3 heteroatoms. The normalized spacial score (nSPS) is 14.1. The van der Waals surface area contributed by atoms with Gasteiger partial charge >= 0.3 is 5.97 Å². The van der Waals surface area contributed by atoms with Gasteiger partial charge in [-0.1, -0.05) is 20.8 Å². The highest BCUT2D eigenvalue weighted by atomic mass is 16.6. The van der Waals surface area contributed by atoms with Gasteiger partial charge in [-0.15, -0.1) is 0 Å². The van der Waals surface area contributed by atoms with Crippen LogP contribution in [0.15, 0.2) is 0 Å². The third-order valence-corrected chi connectivity index (χ3v) is 2.29. The second kappa shape index (κ2) is 6.11. The largest absolute Gasteiger partial charge is 0.459 e. The number of nitrogens with one attached hydrogen (secondary N) is 1. The number of carbonyl (C=O) groups is 1. The lowest BCUT2D eigenvalue weighted by Crippen LogP contribution is -2.34. The Morgan fingerprint density at radius 2 is 1.80 bits per heavy atom. The zero-order valence-corrected chi connectivity index (χ0v) is 10.9. The van der Waals surface area contributed by atoms with Crippen LogP contribution in [0.4, 0.5) is 0 Å². The number of carbonyl (C=O) groups excluding carboxylic acids is 1. The van der Waals surface area contributed by atoms with Crippen molar-refractivity contribution in [3.63, 3.8) is 0 Å². The van der Waals surface area contributed by atoms with Crippen LogP contribution in [0.1, 0.15) is 41.5 Å². The minimum absolute atomic E-state index is 0.182. The molecule has 0 amide bonds. The Balaban J connectivity index is 3.65. The smallest absolute Gasteiger partial charge is 0.320 e. The maximum atomic E-state index is 11.3. The van der Waals surface area contributed by atoms with E-state index in [0.29, 0.717) is 18.4 Å². The third-order valence-electron chi connectivity index (χ3n) is 2.29. The molecule has 0 radical (unpaired) electrons. The summed E-state index contributed by atoms with van der Waals surface area (Å²) >= 11 is 0. The summed E-state index contributed by atoms with van der Waals surface area (Å²) in [6.45, 7) is 13.3. The van der Waals surface area contributed by atoms with E-state index >= 15 is 0 Å². The van der Waals surface area contributed by atoms with Crippen LogP contribution in [0.2, 0.25) is 0 Å². The number of rotatable bonds is 5. The summed E-state index contributed by atoms with van der Waals surface area (Å²) in [5, 5.41) is 3.11. The maximum absolute atomic E-state index is 11.3. The molecular formula is C12H25NO2. The molecule has 0 aromatic rings. The Hall–Kier alpha value is -0.570. The average molecular weight is 215 g/mol. The molecule has 1 atom stereocenters. The first-order valence-corrected chi connectivity index (χ1v) is 5.65. The molecule has 15 heavy (non-hydrogen) atoms. The van der Waals surface area contributed by atoms with Gasteiger partial charge in [0.05, 0.1) is 6.54 Å². The highest BCUT2D eigenvalue weighted by molar-refractivity contribution is 5.72. The number of hydrogen-bond donors (Lipinski definition) is 1. The lowest BCUT2D eigenvalue weighted by molar-refractivity contribution is -0.153. The van der Waals surface area contributed by atoms with Crippen molar-refractivity contribution in [2.45, 2.75) is 47.1 Å². The molecule has 0 fully saturated rings. The summed E-state index contributed by atoms with van der Waals surface area (Å²) < 4.78 is 5.18. The Kier molecular flexibility index (Phi) is 5.88. The molecule has 0 rings (SSSR count). The van der Waals surface area contributed by atoms with Crippen LogP contribution < -0.4 is 5.32 Å². The van der Waals surface area contributed by atoms with E-state index in [4.69, 9.17) is 4.74 Å². The van der Waals surface area contributed by atoms with E-state index in [9.17, 15) is 4.79 Å². The van der Waals surface area contributed by atoms with E-state index < -0.39 is 0 Å². The summed E-state index contributed by atoms with van der Waals surface area (Å²) in [6.07, 6.45) is 0. The molecule has 1 unspecified atom stereocenters. The van der Waals surface area contributed by atoms with Gasteiger partial charge in [0, 0.05) is 0 Å². The first-order valence-electron chi connectivity index (χ1n) is 5.65. The molecule has 0 bridgehead atoms. The highest BCUT2D eigenvalue weighted by Gasteiger charge is 2.16. The minimum Gasteiger partial charge on any atom is -0.459 e. The van der Waals surface area contributed by atoms with Crippen LogP contribution in [0.3, 0.4) is 0 Å². The van der Waals surface area contributed by atoms with Crippen molar-refractivity contribution in [3.05, 3.63) is 0 Å². The number of ether oxygens (including phenoxy) is 1. The molecule has 0 aliphatic heterocycles. The maximum Gasteiger partial charge on any atom is 0.320 e. The molecule has 0 aromatic heterocycles. The molecule has 0 aromatic carbocycles. The first-order chi connectivity index (χ1) is 6.72. The number of esters is 1. The fourth-order valence-corrected chi connectivity index (χ4v) is 1.02. The van der Waals surface area contributed by atoms with E-state index in [-0.39, 0.29) is 11.6 Å². The van der Waals surface area contributed by atoms with Gasteiger partial charge in [-0.05, 0) is 39.2 Å². The van der Waals surface area contributed by atoms with Crippen LogP contribution in [-0.4, -0.2) is 24.7 Å². The Bertz CT molecular complexity index is 194. The van der Waals surface area contributed by atoms with Gasteiger partial charge in [-0.25, -0.2) is 0 Å². The van der Waals surface area contributed by atoms with E-state index in [1.807, 2.05) is 20.8 Å². The predicted molar refractivity (Wildman–Crippen MR) is 62.7 cm³/mol. The molecule has 0 saturated carbocycles. The van der Waals surface area contributed by atoms with Gasteiger partial charge in [-0.2, -0.15) is 0 Å². The first kappa shape index (κ1) is 14.4. The van der Waals surface area contributed by atoms with Crippen molar-refractivity contribution >= 4 is 5.97 Å². The fourth-order valence-electron chi connectivity index (χ4n) is 1.02. The third kappa shape index (κ3) is 8.43. The summed E-state index contributed by atoms with van der Waals surface area (Å²) in [4.78, 5) is 11.3. The van der Waals surface area contributed by atoms with Crippen LogP contribution in [0.5, 0.6) is 0 Å². The van der Waals surface area contributed by atoms with Crippen molar-refractivity contribution in [2.24, 2.45) is 11.8 Å². The van der Waals surface area contributed by atoms with Crippen LogP contribution in [0.25, 0.3) is 0 Å². The van der Waals surface area contributed by atoms with Gasteiger partial charge < -0.3 is 10.1 Å². The second-order valence-corrected chi connectivity index (χ2v) is 5.44. The van der Waals surface area contributed by atoms with Crippen molar-refractivity contribution < 1.29 is 9.53 Å². The quantitative estimate of drug-likeness (QED) is 0.715. The summed E-state index contributed by atoms with van der Waals surface area (Å²) in [5.41, 5.74) is -0.386. The Morgan fingerprint density at radius 3 is 2.20 bits per heavy atom. The van der Waals surface area contributed by atoms with Crippen LogP contribution in [-0.2, 0) is 9.53 Å². The van der Waals surface area contributed by atoms with E-state index in [0.717, 1.165) is 6.54 Å². The monoisotopic (exact) mass is 215 g/mol. The van der Waals surface area contributed by atoms with Crippen molar-refractivity contribution in [2.75, 3.05) is 13.1 Å².